The van der Waals surface area contributed by atoms with Gasteiger partial charge in [-0.25, -0.2) is 0 Å². The molecule has 2 aliphatic rings. The highest BCUT2D eigenvalue weighted by Crippen LogP contribution is 2.48. The number of aliphatic carboxylic acids is 1. The summed E-state index contributed by atoms with van der Waals surface area (Å²) < 4.78 is 2.03. The van der Waals surface area contributed by atoms with Gasteiger partial charge in [0.1, 0.15) is 6.33 Å². The second-order valence-corrected chi connectivity index (χ2v) is 6.33. The Morgan fingerprint density at radius 3 is 3.06 bits per heavy atom. The molecule has 18 heavy (non-hydrogen) atoms. The molecule has 1 aromatic heterocycles. The summed E-state index contributed by atoms with van der Waals surface area (Å²) in [5.41, 5.74) is 0. The van der Waals surface area contributed by atoms with Crippen molar-refractivity contribution in [3.8, 4) is 0 Å². The van der Waals surface area contributed by atoms with E-state index in [-0.39, 0.29) is 5.75 Å². The Kier molecular flexibility index (Phi) is 3.28. The van der Waals surface area contributed by atoms with Crippen molar-refractivity contribution in [2.24, 2.45) is 17.8 Å². The Balaban J connectivity index is 1.62. The molecule has 0 aromatic carbocycles. The van der Waals surface area contributed by atoms with E-state index in [4.69, 9.17) is 5.11 Å². The van der Waals surface area contributed by atoms with Gasteiger partial charge < -0.3 is 9.67 Å². The van der Waals surface area contributed by atoms with E-state index in [9.17, 15) is 4.79 Å². The Morgan fingerprint density at radius 1 is 1.50 bits per heavy atom. The van der Waals surface area contributed by atoms with Gasteiger partial charge in [0.2, 0.25) is 0 Å². The minimum atomic E-state index is -0.811. The number of carboxylic acids is 1. The van der Waals surface area contributed by atoms with Crippen LogP contribution in [-0.4, -0.2) is 31.6 Å². The smallest absolute Gasteiger partial charge is 0.313 e. The largest absolute Gasteiger partial charge is 0.481 e. The Labute approximate surface area is 110 Å². The summed E-state index contributed by atoms with van der Waals surface area (Å²) >= 11 is 1.26. The molecule has 0 aliphatic heterocycles. The molecule has 0 radical (unpaired) electrons. The Morgan fingerprint density at radius 2 is 2.39 bits per heavy atom. The number of carbonyl (C=O) groups is 1. The third kappa shape index (κ3) is 2.39. The van der Waals surface area contributed by atoms with Gasteiger partial charge in [0.25, 0.3) is 0 Å². The highest BCUT2D eigenvalue weighted by Gasteiger charge is 2.39. The first-order valence-corrected chi connectivity index (χ1v) is 7.43. The van der Waals surface area contributed by atoms with Crippen LogP contribution in [0, 0.1) is 17.8 Å². The van der Waals surface area contributed by atoms with Gasteiger partial charge in [0, 0.05) is 6.54 Å². The Hall–Kier alpha value is -1.04. The van der Waals surface area contributed by atoms with Gasteiger partial charge in [0.15, 0.2) is 5.16 Å². The van der Waals surface area contributed by atoms with Gasteiger partial charge >= 0.3 is 5.97 Å². The summed E-state index contributed by atoms with van der Waals surface area (Å²) in [4.78, 5) is 10.6. The van der Waals surface area contributed by atoms with Crippen LogP contribution in [0.1, 0.15) is 25.7 Å². The second kappa shape index (κ2) is 4.91. The van der Waals surface area contributed by atoms with E-state index in [1.807, 2.05) is 4.57 Å². The number of hydrogen-bond acceptors (Lipinski definition) is 4. The first-order chi connectivity index (χ1) is 8.72. The summed E-state index contributed by atoms with van der Waals surface area (Å²) in [6.07, 6.45) is 7.23. The van der Waals surface area contributed by atoms with E-state index in [0.717, 1.165) is 29.5 Å². The third-order valence-corrected chi connectivity index (χ3v) is 5.19. The fourth-order valence-electron chi connectivity index (χ4n) is 3.46. The van der Waals surface area contributed by atoms with Crippen molar-refractivity contribution >= 4 is 17.7 Å². The summed E-state index contributed by atoms with van der Waals surface area (Å²) in [6, 6.07) is 0. The zero-order chi connectivity index (χ0) is 12.5. The van der Waals surface area contributed by atoms with Crippen LogP contribution in [0.15, 0.2) is 11.5 Å². The molecule has 1 aromatic rings. The van der Waals surface area contributed by atoms with E-state index in [1.165, 1.54) is 37.4 Å². The van der Waals surface area contributed by atoms with Gasteiger partial charge in [-0.15, -0.1) is 10.2 Å². The van der Waals surface area contributed by atoms with Crippen LogP contribution in [-0.2, 0) is 11.3 Å². The number of fused-ring (bicyclic) bond motifs is 2. The van der Waals surface area contributed by atoms with Crippen molar-refractivity contribution in [3.63, 3.8) is 0 Å². The van der Waals surface area contributed by atoms with E-state index < -0.39 is 5.97 Å². The van der Waals surface area contributed by atoms with E-state index >= 15 is 0 Å². The van der Waals surface area contributed by atoms with Crippen molar-refractivity contribution in [1.82, 2.24) is 14.8 Å². The monoisotopic (exact) mass is 267 g/mol. The molecule has 2 fully saturated rings. The normalized spacial score (nSPS) is 29.9. The van der Waals surface area contributed by atoms with Crippen LogP contribution in [0.4, 0.5) is 0 Å². The van der Waals surface area contributed by atoms with Gasteiger partial charge in [-0.2, -0.15) is 0 Å². The van der Waals surface area contributed by atoms with E-state index in [1.54, 1.807) is 6.33 Å². The lowest BCUT2D eigenvalue weighted by Crippen LogP contribution is -2.17. The maximum atomic E-state index is 10.6. The van der Waals surface area contributed by atoms with Crippen molar-refractivity contribution in [2.75, 3.05) is 5.75 Å². The Bertz CT molecular complexity index is 448. The molecule has 6 heteroatoms. The van der Waals surface area contributed by atoms with Crippen molar-refractivity contribution in [3.05, 3.63) is 6.33 Å². The second-order valence-electron chi connectivity index (χ2n) is 5.38. The van der Waals surface area contributed by atoms with Crippen molar-refractivity contribution in [2.45, 2.75) is 37.4 Å². The molecule has 2 aliphatic carbocycles. The molecule has 0 amide bonds. The molecule has 0 spiro atoms. The summed E-state index contributed by atoms with van der Waals surface area (Å²) in [6.45, 7) is 0.954. The molecule has 1 N–H and O–H groups in total. The minimum absolute atomic E-state index is 0.0510. The van der Waals surface area contributed by atoms with Gasteiger partial charge in [-0.1, -0.05) is 18.2 Å². The summed E-state index contributed by atoms with van der Waals surface area (Å²) in [5.74, 6) is 1.79. The average Bonchev–Trinajstić information content (AvgIpc) is 3.02. The first kappa shape index (κ1) is 12.0. The number of carboxylic acid groups (broad SMARTS) is 1. The number of rotatable bonds is 5. The van der Waals surface area contributed by atoms with Crippen molar-refractivity contribution in [1.29, 1.82) is 0 Å². The van der Waals surface area contributed by atoms with Crippen molar-refractivity contribution < 1.29 is 9.90 Å². The quantitative estimate of drug-likeness (QED) is 0.825. The summed E-state index contributed by atoms with van der Waals surface area (Å²) in [7, 11) is 0. The fraction of sp³-hybridized carbons (Fsp3) is 0.750. The molecule has 2 saturated carbocycles. The van der Waals surface area contributed by atoms with Gasteiger partial charge in [0.05, 0.1) is 5.75 Å². The topological polar surface area (TPSA) is 68.0 Å². The summed E-state index contributed by atoms with van der Waals surface area (Å²) in [5, 5.41) is 17.3. The fourth-order valence-corrected chi connectivity index (χ4v) is 4.11. The van der Waals surface area contributed by atoms with Crippen LogP contribution < -0.4 is 0 Å². The molecular weight excluding hydrogens is 250 g/mol. The lowest BCUT2D eigenvalue weighted by atomic mass is 9.89. The number of aromatic nitrogens is 3. The SMILES string of the molecule is O=C(O)CSc1nncn1CC1CC2CCC1C2. The van der Waals surface area contributed by atoms with E-state index in [2.05, 4.69) is 10.2 Å². The van der Waals surface area contributed by atoms with E-state index in [0.29, 0.717) is 0 Å². The molecular formula is C12H17N3O2S. The molecule has 98 valence electrons. The molecule has 2 bridgehead atoms. The zero-order valence-corrected chi connectivity index (χ0v) is 11.0. The highest BCUT2D eigenvalue weighted by atomic mass is 32.2. The van der Waals surface area contributed by atoms with Crippen LogP contribution in [0.5, 0.6) is 0 Å². The van der Waals surface area contributed by atoms with Gasteiger partial charge in [-0.05, 0) is 37.0 Å². The predicted molar refractivity (Wildman–Crippen MR) is 67.3 cm³/mol. The van der Waals surface area contributed by atoms with Crippen LogP contribution in [0.3, 0.4) is 0 Å². The van der Waals surface area contributed by atoms with Crippen LogP contribution >= 0.6 is 11.8 Å². The minimum Gasteiger partial charge on any atom is -0.481 e. The molecule has 1 heterocycles. The molecule has 3 atom stereocenters. The lowest BCUT2D eigenvalue weighted by molar-refractivity contribution is -0.133. The molecule has 0 saturated heterocycles. The molecule has 3 unspecified atom stereocenters. The molecule has 3 rings (SSSR count). The number of thioether (sulfide) groups is 1. The maximum Gasteiger partial charge on any atom is 0.313 e. The maximum absolute atomic E-state index is 10.6. The van der Waals surface area contributed by atoms with Crippen LogP contribution in [0.25, 0.3) is 0 Å². The first-order valence-electron chi connectivity index (χ1n) is 6.44. The predicted octanol–water partition coefficient (Wildman–Crippen LogP) is 1.89. The van der Waals surface area contributed by atoms with Crippen LogP contribution in [0.2, 0.25) is 0 Å². The third-order valence-electron chi connectivity index (χ3n) is 4.22. The average molecular weight is 267 g/mol. The van der Waals surface area contributed by atoms with Gasteiger partial charge in [-0.3, -0.25) is 4.79 Å². The highest BCUT2D eigenvalue weighted by molar-refractivity contribution is 7.99. The zero-order valence-electron chi connectivity index (χ0n) is 10.2. The molecule has 5 nitrogen and oxygen atoms in total. The lowest BCUT2D eigenvalue weighted by Gasteiger charge is -2.22. The standard InChI is InChI=1S/C12H17N3O2S/c16-11(17)6-18-12-14-13-7-15(12)5-10-4-8-1-2-9(10)3-8/h7-10H,1-6H2,(H,16,17). The number of nitrogens with zero attached hydrogens (tertiary/aromatic N) is 3. The number of hydrogen-bond donors (Lipinski definition) is 1.